The molecule has 6 nitrogen and oxygen atoms in total. The van der Waals surface area contributed by atoms with Crippen molar-refractivity contribution in [2.45, 2.75) is 9.79 Å². The smallest absolute Gasteiger partial charge is 0.744 e. The molecule has 0 saturated carbocycles. The summed E-state index contributed by atoms with van der Waals surface area (Å²) >= 11 is 0. The van der Waals surface area contributed by atoms with Crippen LogP contribution in [0.15, 0.2) is 70.5 Å². The maximum atomic E-state index is 10.3. The Hall–Kier alpha value is -1.08. The summed E-state index contributed by atoms with van der Waals surface area (Å²) in [5.41, 5.74) is 0. The van der Waals surface area contributed by atoms with Gasteiger partial charge in [-0.2, -0.15) is 0 Å². The summed E-state index contributed by atoms with van der Waals surface area (Å²) in [7, 11) is -8.51. The molecule has 0 atom stereocenters. The summed E-state index contributed by atoms with van der Waals surface area (Å²) in [4.78, 5) is -0.370. The van der Waals surface area contributed by atoms with Gasteiger partial charge in [0.2, 0.25) is 0 Å². The van der Waals surface area contributed by atoms with E-state index in [9.17, 15) is 25.9 Å². The zero-order valence-electron chi connectivity index (χ0n) is 10.4. The van der Waals surface area contributed by atoms with Crippen LogP contribution >= 0.6 is 0 Å². The van der Waals surface area contributed by atoms with Gasteiger partial charge in [-0.25, -0.2) is 16.8 Å². The van der Waals surface area contributed by atoms with E-state index in [2.05, 4.69) is 0 Å². The monoisotopic (exact) mass is 420 g/mol. The van der Waals surface area contributed by atoms with Crippen LogP contribution in [0.25, 0.3) is 0 Å². The maximum absolute atomic E-state index is 10.3. The fourth-order valence-corrected chi connectivity index (χ4v) is 2.16. The second-order valence-electron chi connectivity index (χ2n) is 3.53. The van der Waals surface area contributed by atoms with Crippen molar-refractivity contribution in [2.75, 3.05) is 0 Å². The van der Waals surface area contributed by atoms with E-state index in [1.54, 1.807) is 12.1 Å². The Labute approximate surface area is 137 Å². The van der Waals surface area contributed by atoms with Crippen LogP contribution in [0.5, 0.6) is 0 Å². The van der Waals surface area contributed by atoms with Crippen LogP contribution in [0, 0.1) is 0 Å². The van der Waals surface area contributed by atoms with Crippen molar-refractivity contribution >= 4 is 20.2 Å². The van der Waals surface area contributed by atoms with E-state index in [0.717, 1.165) is 0 Å². The molecule has 0 N–H and O–H groups in total. The van der Waals surface area contributed by atoms with E-state index >= 15 is 0 Å². The summed E-state index contributed by atoms with van der Waals surface area (Å²) in [6.45, 7) is 0. The fraction of sp³-hybridized carbons (Fsp3) is 0. The molecule has 0 radical (unpaired) electrons. The first kappa shape index (κ1) is 19.9. The number of benzene rings is 2. The van der Waals surface area contributed by atoms with Gasteiger partial charge in [-0.15, -0.1) is 0 Å². The Bertz CT molecular complexity index is 675. The molecule has 21 heavy (non-hydrogen) atoms. The summed E-state index contributed by atoms with van der Waals surface area (Å²) in [6.07, 6.45) is 0. The standard InChI is InChI=1S/2C6H6O3S.Pd/c2*7-10(8,9)6-4-2-1-3-5-6;/h2*1-5H,(H,7,8,9);/q;;+2/p-2. The van der Waals surface area contributed by atoms with Gasteiger partial charge >= 0.3 is 20.4 Å². The molecule has 116 valence electrons. The van der Waals surface area contributed by atoms with Crippen LogP contribution in [-0.4, -0.2) is 25.9 Å². The molecule has 0 heterocycles. The Balaban J connectivity index is 0.000000364. The minimum absolute atomic E-state index is 0. The molecule has 0 fully saturated rings. The van der Waals surface area contributed by atoms with Gasteiger partial charge in [-0.05, 0) is 24.3 Å². The van der Waals surface area contributed by atoms with Gasteiger partial charge in [0.1, 0.15) is 20.2 Å². The average Bonchev–Trinajstić information content (AvgIpc) is 2.40. The summed E-state index contributed by atoms with van der Waals surface area (Å²) in [5, 5.41) is 0. The van der Waals surface area contributed by atoms with E-state index < -0.39 is 20.2 Å². The van der Waals surface area contributed by atoms with Crippen LogP contribution in [0.1, 0.15) is 0 Å². The number of rotatable bonds is 2. The number of hydrogen-bond donors (Lipinski definition) is 0. The first-order chi connectivity index (χ1) is 9.21. The quantitative estimate of drug-likeness (QED) is 0.532. The molecule has 0 bridgehead atoms. The molecule has 0 aromatic heterocycles. The third-order valence-corrected chi connectivity index (χ3v) is 3.76. The second kappa shape index (κ2) is 8.39. The predicted molar refractivity (Wildman–Crippen MR) is 68.8 cm³/mol. The van der Waals surface area contributed by atoms with Crippen molar-refractivity contribution in [1.82, 2.24) is 0 Å². The second-order valence-corrected chi connectivity index (χ2v) is 6.29. The molecule has 2 aromatic rings. The summed E-state index contributed by atoms with van der Waals surface area (Å²) in [5.74, 6) is 0. The molecule has 0 unspecified atom stereocenters. The molecular formula is C12H10O6PdS2. The normalized spacial score (nSPS) is 10.8. The Morgan fingerprint density at radius 1 is 0.571 bits per heavy atom. The fourth-order valence-electron chi connectivity index (χ4n) is 1.17. The molecule has 0 aliphatic rings. The zero-order valence-corrected chi connectivity index (χ0v) is 13.5. The summed E-state index contributed by atoms with van der Waals surface area (Å²) < 4.78 is 61.7. The first-order valence-corrected chi connectivity index (χ1v) is 8.05. The predicted octanol–water partition coefficient (Wildman–Crippen LogP) is 1.18. The van der Waals surface area contributed by atoms with Gasteiger partial charge in [0.15, 0.2) is 0 Å². The van der Waals surface area contributed by atoms with Gasteiger partial charge in [-0.3, -0.25) is 0 Å². The Morgan fingerprint density at radius 3 is 0.952 bits per heavy atom. The van der Waals surface area contributed by atoms with Crippen LogP contribution < -0.4 is 0 Å². The minimum atomic E-state index is -4.25. The van der Waals surface area contributed by atoms with Gasteiger partial charge in [0.05, 0.1) is 9.79 Å². The van der Waals surface area contributed by atoms with E-state index in [1.165, 1.54) is 48.5 Å². The van der Waals surface area contributed by atoms with Gasteiger partial charge in [0, 0.05) is 0 Å². The molecule has 0 amide bonds. The Morgan fingerprint density at radius 2 is 0.810 bits per heavy atom. The largest absolute Gasteiger partial charge is 2.00 e. The maximum Gasteiger partial charge on any atom is 2.00 e. The van der Waals surface area contributed by atoms with Crippen molar-refractivity contribution in [3.63, 3.8) is 0 Å². The van der Waals surface area contributed by atoms with Crippen molar-refractivity contribution in [3.8, 4) is 0 Å². The first-order valence-electron chi connectivity index (χ1n) is 5.23. The molecular weight excluding hydrogens is 411 g/mol. The molecule has 0 saturated heterocycles. The van der Waals surface area contributed by atoms with Crippen LogP contribution in [0.2, 0.25) is 0 Å². The SMILES string of the molecule is O=S(=O)([O-])c1ccccc1.O=S(=O)([O-])c1ccccc1.[Pd+2]. The van der Waals surface area contributed by atoms with Crippen LogP contribution in [-0.2, 0) is 40.7 Å². The molecule has 2 aromatic carbocycles. The van der Waals surface area contributed by atoms with Crippen LogP contribution in [0.4, 0.5) is 0 Å². The topological polar surface area (TPSA) is 114 Å². The van der Waals surface area contributed by atoms with Gasteiger partial charge < -0.3 is 9.11 Å². The third-order valence-electron chi connectivity index (χ3n) is 2.06. The van der Waals surface area contributed by atoms with E-state index in [0.29, 0.717) is 0 Å². The van der Waals surface area contributed by atoms with E-state index in [4.69, 9.17) is 0 Å². The zero-order chi connectivity index (χ0) is 15.2. The van der Waals surface area contributed by atoms with Crippen molar-refractivity contribution < 1.29 is 46.4 Å². The average molecular weight is 421 g/mol. The summed E-state index contributed by atoms with van der Waals surface area (Å²) in [6, 6.07) is 14.4. The molecule has 2 rings (SSSR count). The van der Waals surface area contributed by atoms with Crippen LogP contribution in [0.3, 0.4) is 0 Å². The third kappa shape index (κ3) is 7.48. The molecule has 0 aliphatic carbocycles. The number of hydrogen-bond acceptors (Lipinski definition) is 6. The molecule has 0 spiro atoms. The van der Waals surface area contributed by atoms with Gasteiger partial charge in [0.25, 0.3) is 0 Å². The van der Waals surface area contributed by atoms with Crippen molar-refractivity contribution in [3.05, 3.63) is 60.7 Å². The van der Waals surface area contributed by atoms with Crippen molar-refractivity contribution in [2.24, 2.45) is 0 Å². The molecule has 0 aliphatic heterocycles. The van der Waals surface area contributed by atoms with E-state index in [-0.39, 0.29) is 30.2 Å². The Kier molecular flexibility index (Phi) is 7.96. The molecule has 9 heteroatoms. The van der Waals surface area contributed by atoms with E-state index in [1.807, 2.05) is 0 Å². The van der Waals surface area contributed by atoms with Crippen molar-refractivity contribution in [1.29, 1.82) is 0 Å². The minimum Gasteiger partial charge on any atom is -0.744 e. The van der Waals surface area contributed by atoms with Gasteiger partial charge in [-0.1, -0.05) is 36.4 Å².